The highest BCUT2D eigenvalue weighted by molar-refractivity contribution is 5.89. The molecule has 1 unspecified atom stereocenters. The molecule has 1 aromatic carbocycles. The van der Waals surface area contributed by atoms with Crippen LogP contribution in [0.15, 0.2) is 48.2 Å². The number of hydrogen-bond donors (Lipinski definition) is 1. The lowest BCUT2D eigenvalue weighted by Gasteiger charge is -2.45. The molecule has 3 atom stereocenters. The molecule has 7 heteroatoms. The smallest absolute Gasteiger partial charge is 0.330 e. The molecular formula is C23H26N2O5. The number of carbonyl (C=O) groups excluding carboxylic acids is 2. The number of allylic oxidation sites excluding steroid dienone is 2. The van der Waals surface area contributed by atoms with E-state index in [9.17, 15) is 14.7 Å². The number of ether oxygens (including phenoxy) is 2. The molecule has 0 saturated carbocycles. The molecule has 1 aromatic heterocycles. The minimum Gasteiger partial charge on any atom is -0.467 e. The Morgan fingerprint density at radius 2 is 2.00 bits per heavy atom. The molecule has 0 radical (unpaired) electrons. The second kappa shape index (κ2) is 7.99. The Morgan fingerprint density at radius 3 is 2.70 bits per heavy atom. The minimum atomic E-state index is -0.555. The second-order valence-corrected chi connectivity index (χ2v) is 7.70. The van der Waals surface area contributed by atoms with E-state index in [1.807, 2.05) is 37.5 Å². The van der Waals surface area contributed by atoms with Crippen LogP contribution >= 0.6 is 0 Å². The summed E-state index contributed by atoms with van der Waals surface area (Å²) in [6.07, 6.45) is 6.32. The molecule has 2 aliphatic rings. The van der Waals surface area contributed by atoms with Crippen LogP contribution < -0.4 is 0 Å². The molecule has 0 spiro atoms. The van der Waals surface area contributed by atoms with E-state index in [1.165, 1.54) is 20.3 Å². The fourth-order valence-corrected chi connectivity index (χ4v) is 4.94. The zero-order valence-corrected chi connectivity index (χ0v) is 17.4. The standard InChI is InChI=1S/C23H26N2O5/c1-24-13-14(8-9-20(27)29-2)17-12-19(24)21-16(10-11-26)15-6-4-5-7-18(15)25(21)22(17)23(28)30-3/h4-9,13,17,19,22,26H,10-12H2,1-3H3/b9-8+/t17-,19-,22?/m0/s1. The van der Waals surface area contributed by atoms with Gasteiger partial charge >= 0.3 is 11.9 Å². The summed E-state index contributed by atoms with van der Waals surface area (Å²) in [5.41, 5.74) is 3.94. The van der Waals surface area contributed by atoms with Gasteiger partial charge in [-0.3, -0.25) is 0 Å². The van der Waals surface area contributed by atoms with Crippen molar-refractivity contribution >= 4 is 22.8 Å². The van der Waals surface area contributed by atoms with Gasteiger partial charge in [0.15, 0.2) is 0 Å². The lowest BCUT2D eigenvalue weighted by molar-refractivity contribution is -0.147. The van der Waals surface area contributed by atoms with Gasteiger partial charge in [-0.2, -0.15) is 0 Å². The first kappa shape index (κ1) is 20.2. The van der Waals surface area contributed by atoms with Crippen molar-refractivity contribution in [3.8, 4) is 0 Å². The Labute approximate surface area is 175 Å². The van der Waals surface area contributed by atoms with Crippen LogP contribution in [0, 0.1) is 5.92 Å². The molecule has 0 aliphatic carbocycles. The molecule has 2 aliphatic heterocycles. The van der Waals surface area contributed by atoms with Crippen molar-refractivity contribution in [2.45, 2.75) is 24.9 Å². The predicted octanol–water partition coefficient (Wildman–Crippen LogP) is 2.51. The maximum atomic E-state index is 13.0. The van der Waals surface area contributed by atoms with Gasteiger partial charge in [0.1, 0.15) is 6.04 Å². The van der Waals surface area contributed by atoms with E-state index in [1.54, 1.807) is 6.08 Å². The van der Waals surface area contributed by atoms with E-state index >= 15 is 0 Å². The highest BCUT2D eigenvalue weighted by atomic mass is 16.5. The van der Waals surface area contributed by atoms with Crippen molar-refractivity contribution in [1.82, 2.24) is 9.47 Å². The van der Waals surface area contributed by atoms with E-state index in [0.29, 0.717) is 12.8 Å². The summed E-state index contributed by atoms with van der Waals surface area (Å²) in [6, 6.07) is 7.47. The topological polar surface area (TPSA) is 81.0 Å². The largest absolute Gasteiger partial charge is 0.467 e. The summed E-state index contributed by atoms with van der Waals surface area (Å²) in [5.74, 6) is -0.911. The molecule has 158 valence electrons. The van der Waals surface area contributed by atoms with Crippen LogP contribution in [-0.2, 0) is 25.5 Å². The monoisotopic (exact) mass is 410 g/mol. The molecule has 4 rings (SSSR count). The normalized spacial score (nSPS) is 22.7. The number of esters is 2. The molecule has 0 saturated heterocycles. The molecular weight excluding hydrogens is 384 g/mol. The van der Waals surface area contributed by atoms with Gasteiger partial charge in [-0.05, 0) is 36.1 Å². The van der Waals surface area contributed by atoms with Crippen molar-refractivity contribution in [3.05, 3.63) is 59.4 Å². The molecule has 2 aromatic rings. The number of hydrogen-bond acceptors (Lipinski definition) is 6. The van der Waals surface area contributed by atoms with Gasteiger partial charge in [-0.15, -0.1) is 0 Å². The maximum Gasteiger partial charge on any atom is 0.330 e. The van der Waals surface area contributed by atoms with E-state index in [0.717, 1.165) is 27.7 Å². The molecule has 3 heterocycles. The molecule has 1 N–H and O–H groups in total. The minimum absolute atomic E-state index is 0.0344. The van der Waals surface area contributed by atoms with Crippen LogP contribution in [0.3, 0.4) is 0 Å². The summed E-state index contributed by atoms with van der Waals surface area (Å²) in [7, 11) is 4.73. The first-order chi connectivity index (χ1) is 14.5. The number of aliphatic hydroxyl groups excluding tert-OH is 1. The van der Waals surface area contributed by atoms with Crippen molar-refractivity contribution in [2.75, 3.05) is 27.9 Å². The van der Waals surface area contributed by atoms with Gasteiger partial charge < -0.3 is 24.0 Å². The van der Waals surface area contributed by atoms with Crippen molar-refractivity contribution in [2.24, 2.45) is 5.92 Å². The highest BCUT2D eigenvalue weighted by Crippen LogP contribution is 2.50. The van der Waals surface area contributed by atoms with E-state index in [4.69, 9.17) is 9.47 Å². The van der Waals surface area contributed by atoms with E-state index < -0.39 is 12.0 Å². The lowest BCUT2D eigenvalue weighted by Crippen LogP contribution is -2.42. The summed E-state index contributed by atoms with van der Waals surface area (Å²) in [4.78, 5) is 26.8. The van der Waals surface area contributed by atoms with E-state index in [-0.39, 0.29) is 24.5 Å². The number of aliphatic hydroxyl groups is 1. The maximum absolute atomic E-state index is 13.0. The Kier molecular flexibility index (Phi) is 5.39. The van der Waals surface area contributed by atoms with Crippen molar-refractivity contribution in [3.63, 3.8) is 0 Å². The first-order valence-corrected chi connectivity index (χ1v) is 10.0. The van der Waals surface area contributed by atoms with Gasteiger partial charge in [0.25, 0.3) is 0 Å². The lowest BCUT2D eigenvalue weighted by atomic mass is 9.78. The van der Waals surface area contributed by atoms with Crippen LogP contribution in [0.2, 0.25) is 0 Å². The third-order valence-corrected chi connectivity index (χ3v) is 6.20. The number of fused-ring (bicyclic) bond motifs is 6. The van der Waals surface area contributed by atoms with Gasteiger partial charge in [-0.25, -0.2) is 9.59 Å². The Bertz CT molecular complexity index is 1050. The third kappa shape index (κ3) is 3.10. The summed E-state index contributed by atoms with van der Waals surface area (Å²) < 4.78 is 12.0. The SMILES string of the molecule is COC(=O)/C=C/C1=CN(C)[C@H]2C[C@@H]1C(C(=O)OC)n1c2c(CCO)c2ccccc21. The number of aromatic nitrogens is 1. The van der Waals surface area contributed by atoms with Crippen LogP contribution in [-0.4, -0.2) is 54.4 Å². The van der Waals surface area contributed by atoms with E-state index in [2.05, 4.69) is 9.47 Å². The number of methoxy groups -OCH3 is 2. The predicted molar refractivity (Wildman–Crippen MR) is 112 cm³/mol. The number of carbonyl (C=O) groups is 2. The van der Waals surface area contributed by atoms with Gasteiger partial charge in [0.05, 0.1) is 20.3 Å². The number of rotatable bonds is 5. The zero-order chi connectivity index (χ0) is 21.4. The number of nitrogens with zero attached hydrogens (tertiary/aromatic N) is 2. The Morgan fingerprint density at radius 1 is 1.23 bits per heavy atom. The third-order valence-electron chi connectivity index (χ3n) is 6.20. The first-order valence-electron chi connectivity index (χ1n) is 10.0. The summed E-state index contributed by atoms with van der Waals surface area (Å²) >= 11 is 0. The quantitative estimate of drug-likeness (QED) is 0.603. The number of benzene rings is 1. The highest BCUT2D eigenvalue weighted by Gasteiger charge is 2.46. The fraction of sp³-hybridized carbons (Fsp3) is 0.391. The zero-order valence-electron chi connectivity index (χ0n) is 17.4. The van der Waals surface area contributed by atoms with Crippen LogP contribution in [0.5, 0.6) is 0 Å². The molecule has 7 nitrogen and oxygen atoms in total. The van der Waals surface area contributed by atoms with Crippen LogP contribution in [0.1, 0.15) is 29.8 Å². The van der Waals surface area contributed by atoms with Gasteiger partial charge in [0.2, 0.25) is 0 Å². The Hall–Kier alpha value is -3.06. The summed E-state index contributed by atoms with van der Waals surface area (Å²) in [5, 5.41) is 10.8. The second-order valence-electron chi connectivity index (χ2n) is 7.70. The Balaban J connectivity index is 1.94. The van der Waals surface area contributed by atoms with Gasteiger partial charge in [0, 0.05) is 48.4 Å². The molecule has 0 fully saturated rings. The molecule has 0 amide bonds. The average molecular weight is 410 g/mol. The average Bonchev–Trinajstić information content (AvgIpc) is 3.08. The fourth-order valence-electron chi connectivity index (χ4n) is 4.94. The van der Waals surface area contributed by atoms with Crippen LogP contribution in [0.25, 0.3) is 10.9 Å². The molecule has 2 bridgehead atoms. The van der Waals surface area contributed by atoms with Crippen LogP contribution in [0.4, 0.5) is 0 Å². The summed E-state index contributed by atoms with van der Waals surface area (Å²) in [6.45, 7) is 0.0344. The number of para-hydroxylation sites is 1. The van der Waals surface area contributed by atoms with Gasteiger partial charge in [-0.1, -0.05) is 18.2 Å². The molecule has 30 heavy (non-hydrogen) atoms. The van der Waals surface area contributed by atoms with Crippen molar-refractivity contribution in [1.29, 1.82) is 0 Å². The van der Waals surface area contributed by atoms with Crippen molar-refractivity contribution < 1.29 is 24.2 Å².